The van der Waals surface area contributed by atoms with Gasteiger partial charge >= 0.3 is 5.97 Å². The summed E-state index contributed by atoms with van der Waals surface area (Å²) in [6.45, 7) is 7.60. The number of anilines is 2. The highest BCUT2D eigenvalue weighted by Gasteiger charge is 2.50. The Balaban J connectivity index is 1.15. The molecule has 0 aliphatic carbocycles. The number of ether oxygens (including phenoxy) is 4. The molecule has 1 aromatic carbocycles. The van der Waals surface area contributed by atoms with Gasteiger partial charge in [-0.05, 0) is 44.9 Å². The fraction of sp³-hybridized carbons (Fsp3) is 0.500. The lowest BCUT2D eigenvalue weighted by molar-refractivity contribution is -0.228. The summed E-state index contributed by atoms with van der Waals surface area (Å²) >= 11 is 0. The van der Waals surface area contributed by atoms with Gasteiger partial charge in [-0.1, -0.05) is 24.0 Å². The number of furan rings is 1. The first kappa shape index (κ1) is 32.6. The summed E-state index contributed by atoms with van der Waals surface area (Å²) in [5.74, 6) is 5.22. The Morgan fingerprint density at radius 2 is 1.92 bits per heavy atom. The van der Waals surface area contributed by atoms with E-state index in [1.807, 2.05) is 6.07 Å². The second kappa shape index (κ2) is 12.6. The molecule has 3 atom stereocenters. The van der Waals surface area contributed by atoms with E-state index in [1.165, 1.54) is 4.90 Å². The molecule has 4 aromatic rings. The molecule has 0 amide bonds. The monoisotopic (exact) mass is 689 g/mol. The Bertz CT molecular complexity index is 2000. The van der Waals surface area contributed by atoms with Crippen LogP contribution in [0.15, 0.2) is 40.9 Å². The highest BCUT2D eigenvalue weighted by Crippen LogP contribution is 2.41. The van der Waals surface area contributed by atoms with Gasteiger partial charge in [0.15, 0.2) is 17.2 Å². The van der Waals surface area contributed by atoms with Crippen LogP contribution in [0, 0.1) is 17.3 Å². The number of hydrogen-bond donors (Lipinski definition) is 1. The van der Waals surface area contributed by atoms with Crippen LogP contribution in [0.3, 0.4) is 0 Å². The van der Waals surface area contributed by atoms with Gasteiger partial charge in [0.05, 0.1) is 32.4 Å². The number of pyridine rings is 1. The molecule has 0 bridgehead atoms. The lowest BCUT2D eigenvalue weighted by Gasteiger charge is -2.53. The molecule has 12 nitrogen and oxygen atoms in total. The zero-order valence-electron chi connectivity index (χ0n) is 27.7. The third-order valence-electron chi connectivity index (χ3n) is 10.4. The minimum atomic E-state index is -2.98. The number of aromatic nitrogens is 3. The molecule has 4 aliphatic heterocycles. The second-order valence-corrected chi connectivity index (χ2v) is 13.7. The smallest absolute Gasteiger partial charge is 0.326 e. The molecule has 14 heteroatoms. The summed E-state index contributed by atoms with van der Waals surface area (Å²) < 4.78 is 58.0. The van der Waals surface area contributed by atoms with E-state index < -0.39 is 36.0 Å². The molecule has 262 valence electrons. The maximum atomic E-state index is 14.1. The van der Waals surface area contributed by atoms with Gasteiger partial charge in [0.1, 0.15) is 34.5 Å². The lowest BCUT2D eigenvalue weighted by atomic mass is 9.83. The summed E-state index contributed by atoms with van der Waals surface area (Å²) in [5, 5.41) is 10.9. The van der Waals surface area contributed by atoms with Crippen molar-refractivity contribution in [2.45, 2.75) is 63.3 Å². The summed E-state index contributed by atoms with van der Waals surface area (Å²) in [6, 6.07) is 7.68. The number of para-hydroxylation sites is 1. The fourth-order valence-electron chi connectivity index (χ4n) is 7.27. The van der Waals surface area contributed by atoms with E-state index in [0.29, 0.717) is 62.1 Å². The van der Waals surface area contributed by atoms with Crippen molar-refractivity contribution >= 4 is 39.5 Å². The van der Waals surface area contributed by atoms with Crippen LogP contribution in [0.2, 0.25) is 0 Å². The molecule has 4 fully saturated rings. The van der Waals surface area contributed by atoms with Crippen molar-refractivity contribution in [2.24, 2.45) is 5.41 Å². The quantitative estimate of drug-likeness (QED) is 0.274. The van der Waals surface area contributed by atoms with E-state index in [1.54, 1.807) is 30.5 Å². The van der Waals surface area contributed by atoms with Crippen LogP contribution in [-0.4, -0.2) is 95.9 Å². The van der Waals surface area contributed by atoms with Gasteiger partial charge in [-0.3, -0.25) is 0 Å². The number of hydrogen-bond acceptors (Lipinski definition) is 11. The number of rotatable bonds is 6. The van der Waals surface area contributed by atoms with E-state index in [2.05, 4.69) is 40.6 Å². The number of morpholine rings is 1. The lowest BCUT2D eigenvalue weighted by Crippen LogP contribution is -2.68. The Hall–Kier alpha value is -4.58. The van der Waals surface area contributed by atoms with Crippen LogP contribution in [0.1, 0.15) is 50.9 Å². The fourth-order valence-corrected chi connectivity index (χ4v) is 7.27. The molecular formula is C36H37F2N5O7. The van der Waals surface area contributed by atoms with Crippen molar-refractivity contribution in [3.8, 4) is 17.7 Å². The average Bonchev–Trinajstić information content (AvgIpc) is 3.69. The van der Waals surface area contributed by atoms with E-state index in [9.17, 15) is 18.7 Å². The Labute approximate surface area is 286 Å². The number of carboxylic acid groups (broad SMARTS) is 1. The number of carboxylic acids is 1. The molecule has 4 aliphatic rings. The van der Waals surface area contributed by atoms with Crippen molar-refractivity contribution < 1.29 is 42.0 Å². The first-order valence-corrected chi connectivity index (χ1v) is 16.9. The topological polar surface area (TPSA) is 133 Å². The minimum absolute atomic E-state index is 0.0193. The van der Waals surface area contributed by atoms with Crippen molar-refractivity contribution in [3.63, 3.8) is 0 Å². The molecular weight excluding hydrogens is 652 g/mol. The predicted octanol–water partition coefficient (Wildman–Crippen LogP) is 4.98. The summed E-state index contributed by atoms with van der Waals surface area (Å²) in [4.78, 5) is 29.3. The second-order valence-electron chi connectivity index (χ2n) is 13.7. The largest absolute Gasteiger partial charge is 0.480 e. The maximum Gasteiger partial charge on any atom is 0.326 e. The first-order chi connectivity index (χ1) is 24.1. The zero-order chi connectivity index (χ0) is 34.6. The number of benzene rings is 1. The van der Waals surface area contributed by atoms with Gasteiger partial charge in [0.25, 0.3) is 6.43 Å². The summed E-state index contributed by atoms with van der Waals surface area (Å²) in [6.07, 6.45) is -0.252. The van der Waals surface area contributed by atoms with Gasteiger partial charge in [0, 0.05) is 48.7 Å². The van der Waals surface area contributed by atoms with Crippen LogP contribution >= 0.6 is 0 Å². The molecule has 1 N–H and O–H groups in total. The zero-order valence-corrected chi connectivity index (χ0v) is 27.7. The van der Waals surface area contributed by atoms with Crippen molar-refractivity contribution in [1.82, 2.24) is 15.0 Å². The highest BCUT2D eigenvalue weighted by molar-refractivity contribution is 6.06. The van der Waals surface area contributed by atoms with Gasteiger partial charge in [-0.25, -0.2) is 28.5 Å². The van der Waals surface area contributed by atoms with Gasteiger partial charge < -0.3 is 38.3 Å². The van der Waals surface area contributed by atoms with Crippen LogP contribution in [-0.2, 0) is 19.0 Å². The molecule has 3 aromatic heterocycles. The van der Waals surface area contributed by atoms with E-state index in [0.717, 1.165) is 18.4 Å². The van der Waals surface area contributed by atoms with Crippen LogP contribution in [0.5, 0.6) is 5.88 Å². The van der Waals surface area contributed by atoms with Crippen molar-refractivity contribution in [3.05, 3.63) is 47.9 Å². The number of nitrogens with zero attached hydrogens (tertiary/aromatic N) is 5. The molecule has 4 saturated heterocycles. The molecule has 2 unspecified atom stereocenters. The first-order valence-electron chi connectivity index (χ1n) is 16.9. The van der Waals surface area contributed by atoms with Crippen LogP contribution in [0.4, 0.5) is 20.3 Å². The van der Waals surface area contributed by atoms with E-state index in [-0.39, 0.29) is 41.3 Å². The van der Waals surface area contributed by atoms with Gasteiger partial charge in [-0.15, -0.1) is 0 Å². The maximum absolute atomic E-state index is 14.1. The predicted molar refractivity (Wildman–Crippen MR) is 178 cm³/mol. The van der Waals surface area contributed by atoms with Gasteiger partial charge in [-0.2, -0.15) is 0 Å². The summed E-state index contributed by atoms with van der Waals surface area (Å²) in [7, 11) is 0. The molecule has 50 heavy (non-hydrogen) atoms. The Morgan fingerprint density at radius 3 is 2.66 bits per heavy atom. The third kappa shape index (κ3) is 5.76. The van der Waals surface area contributed by atoms with Crippen LogP contribution in [0.25, 0.3) is 22.1 Å². The summed E-state index contributed by atoms with van der Waals surface area (Å²) in [5.41, 5.74) is 1.57. The number of aliphatic carboxylic acids is 1. The average molecular weight is 690 g/mol. The number of alkyl halides is 2. The Morgan fingerprint density at radius 1 is 1.12 bits per heavy atom. The number of halogens is 2. The van der Waals surface area contributed by atoms with Crippen LogP contribution < -0.4 is 14.5 Å². The standard InChI is InChI=1S/C36H37F2N5O7/c1-21-36(19-47-20-36)48-14-11-42(21)25-15-22(7-8-35(2)9-12-46-13-10-35)17-39-33(25)49-23-16-26(34(44)45)43(18-23)32-29-28(40-31(41-32)30(37)38)24-5-3-4-6-27(24)50-29/h3-6,15,17,21,23,26,30H,9-14,16,18-20H2,1-2H3,(H,44,45)/t21-,23?,26?/m0/s1. The molecule has 7 heterocycles. The molecule has 1 spiro atoms. The molecule has 0 saturated carbocycles. The van der Waals surface area contributed by atoms with Crippen molar-refractivity contribution in [1.29, 1.82) is 0 Å². The SMILES string of the molecule is C[C@@H]1N(c2cc(C#CC3(C)CCOCC3)cnc2OC2CC(C(=O)O)N(c3nc(C(F)F)nc4c3oc3ccccc34)C2)CCOC12COC2. The van der Waals surface area contributed by atoms with E-state index in [4.69, 9.17) is 28.3 Å². The van der Waals surface area contributed by atoms with Gasteiger partial charge in [0.2, 0.25) is 5.88 Å². The normalized spacial score (nSPS) is 24.4. The third-order valence-corrected chi connectivity index (χ3v) is 10.4. The molecule has 8 rings (SSSR count). The minimum Gasteiger partial charge on any atom is -0.480 e. The number of fused-ring (bicyclic) bond motifs is 3. The molecule has 0 radical (unpaired) electrons. The number of carbonyl (C=O) groups is 1. The highest BCUT2D eigenvalue weighted by atomic mass is 19.3. The Kier molecular flexibility index (Phi) is 8.24. The van der Waals surface area contributed by atoms with Crippen molar-refractivity contribution in [2.75, 3.05) is 55.9 Å². The van der Waals surface area contributed by atoms with E-state index >= 15 is 0 Å².